The van der Waals surface area contributed by atoms with Gasteiger partial charge >= 0.3 is 0 Å². The van der Waals surface area contributed by atoms with Gasteiger partial charge in [-0.3, -0.25) is 14.5 Å². The molecule has 226 valence electrons. The summed E-state index contributed by atoms with van der Waals surface area (Å²) in [5.74, 6) is 0.847. The van der Waals surface area contributed by atoms with Crippen LogP contribution in [0.15, 0.2) is 53.8 Å². The van der Waals surface area contributed by atoms with E-state index in [1.807, 2.05) is 29.0 Å². The standard InChI is InChI=1S/C31H38FN9OS/c1-38-14-16-39(17-15-38)22-9-12-40(13-10-22)25-19-26(42-2)29(34)27(28(25)33)24-18-23(8-11-35-24)41-30(36-37-31(41)43-3)20-4-6-21(32)7-5-20/h4-8,11,18-19,22H,9-10,12-17,33-34H2,1-3H3. The molecule has 0 aliphatic carbocycles. The van der Waals surface area contributed by atoms with Crippen LogP contribution in [0, 0.1) is 5.82 Å². The fraction of sp³-hybridized carbons (Fsp3) is 0.387. The molecule has 4 aromatic rings. The van der Waals surface area contributed by atoms with Crippen LogP contribution in [0.1, 0.15) is 12.8 Å². The smallest absolute Gasteiger partial charge is 0.195 e. The molecule has 2 aromatic heterocycles. The molecule has 4 N–H and O–H groups in total. The van der Waals surface area contributed by atoms with Crippen molar-refractivity contribution < 1.29 is 9.13 Å². The lowest BCUT2D eigenvalue weighted by molar-refractivity contribution is 0.0982. The number of aromatic nitrogens is 4. The molecule has 2 aromatic carbocycles. The van der Waals surface area contributed by atoms with Crippen LogP contribution in [0.4, 0.5) is 21.5 Å². The minimum Gasteiger partial charge on any atom is -0.494 e. The maximum atomic E-state index is 13.7. The molecule has 0 atom stereocenters. The van der Waals surface area contributed by atoms with E-state index >= 15 is 0 Å². The maximum absolute atomic E-state index is 13.7. The number of halogens is 1. The van der Waals surface area contributed by atoms with Gasteiger partial charge in [0.05, 0.1) is 41.1 Å². The normalized spacial score (nSPS) is 17.0. The van der Waals surface area contributed by atoms with Gasteiger partial charge in [0.1, 0.15) is 11.6 Å². The average molecular weight is 604 g/mol. The van der Waals surface area contributed by atoms with Gasteiger partial charge in [-0.2, -0.15) is 0 Å². The minimum atomic E-state index is -0.311. The molecule has 2 aliphatic rings. The summed E-state index contributed by atoms with van der Waals surface area (Å²) in [6.07, 6.45) is 5.82. The molecule has 10 nitrogen and oxygen atoms in total. The quantitative estimate of drug-likeness (QED) is 0.235. The summed E-state index contributed by atoms with van der Waals surface area (Å²) < 4.78 is 21.3. The number of piperazine rings is 1. The zero-order chi connectivity index (χ0) is 30.1. The first-order chi connectivity index (χ1) is 20.9. The van der Waals surface area contributed by atoms with E-state index in [-0.39, 0.29) is 5.82 Å². The molecule has 0 amide bonds. The van der Waals surface area contributed by atoms with E-state index in [2.05, 4.69) is 31.9 Å². The van der Waals surface area contributed by atoms with Crippen LogP contribution in [0.2, 0.25) is 0 Å². The number of methoxy groups -OCH3 is 1. The van der Waals surface area contributed by atoms with Crippen molar-refractivity contribution in [2.45, 2.75) is 24.0 Å². The third-order valence-corrected chi connectivity index (χ3v) is 9.23. The second-order valence-corrected chi connectivity index (χ2v) is 11.9. The summed E-state index contributed by atoms with van der Waals surface area (Å²) in [6.45, 7) is 6.30. The van der Waals surface area contributed by atoms with Crippen LogP contribution in [-0.4, -0.2) is 95.3 Å². The number of hydrogen-bond acceptors (Lipinski definition) is 10. The van der Waals surface area contributed by atoms with Crippen molar-refractivity contribution in [3.63, 3.8) is 0 Å². The molecule has 0 saturated carbocycles. The highest BCUT2D eigenvalue weighted by molar-refractivity contribution is 7.98. The van der Waals surface area contributed by atoms with Gasteiger partial charge in [0.15, 0.2) is 11.0 Å². The molecule has 0 spiro atoms. The van der Waals surface area contributed by atoms with Gasteiger partial charge in [0, 0.05) is 63.1 Å². The SMILES string of the molecule is COc1cc(N2CCC(N3CCN(C)CC3)CC2)c(N)c(-c2cc(-n3c(SC)nnc3-c3ccc(F)cc3)ccn2)c1N. The van der Waals surface area contributed by atoms with Gasteiger partial charge < -0.3 is 26.0 Å². The van der Waals surface area contributed by atoms with Crippen molar-refractivity contribution in [2.24, 2.45) is 0 Å². The Labute approximate surface area is 255 Å². The zero-order valence-electron chi connectivity index (χ0n) is 24.8. The summed E-state index contributed by atoms with van der Waals surface area (Å²) in [4.78, 5) is 12.1. The van der Waals surface area contributed by atoms with Crippen LogP contribution in [0.5, 0.6) is 5.75 Å². The number of thioether (sulfide) groups is 1. The monoisotopic (exact) mass is 603 g/mol. The number of rotatable bonds is 7. The molecule has 0 unspecified atom stereocenters. The van der Waals surface area contributed by atoms with Crippen molar-refractivity contribution in [1.82, 2.24) is 29.5 Å². The number of piperidine rings is 1. The highest BCUT2D eigenvalue weighted by Crippen LogP contribution is 2.45. The number of benzene rings is 2. The Morgan fingerprint density at radius 1 is 0.930 bits per heavy atom. The Morgan fingerprint density at radius 3 is 2.33 bits per heavy atom. The average Bonchev–Trinajstić information content (AvgIpc) is 3.47. The molecule has 0 radical (unpaired) electrons. The first-order valence-corrected chi connectivity index (χ1v) is 15.8. The molecule has 2 fully saturated rings. The third-order valence-electron chi connectivity index (χ3n) is 8.60. The van der Waals surface area contributed by atoms with Crippen molar-refractivity contribution in [1.29, 1.82) is 0 Å². The fourth-order valence-electron chi connectivity index (χ4n) is 6.16. The number of nitrogens with zero attached hydrogens (tertiary/aromatic N) is 7. The first kappa shape index (κ1) is 29.2. The number of pyridine rings is 1. The van der Waals surface area contributed by atoms with E-state index in [1.165, 1.54) is 23.9 Å². The summed E-state index contributed by atoms with van der Waals surface area (Å²) >= 11 is 1.47. The third kappa shape index (κ3) is 5.74. The van der Waals surface area contributed by atoms with Gasteiger partial charge in [0.2, 0.25) is 0 Å². The van der Waals surface area contributed by atoms with Gasteiger partial charge in [-0.05, 0) is 62.5 Å². The summed E-state index contributed by atoms with van der Waals surface area (Å²) in [6, 6.07) is 12.6. The van der Waals surface area contributed by atoms with Crippen LogP contribution in [-0.2, 0) is 0 Å². The number of likely N-dealkylation sites (N-methyl/N-ethyl adjacent to an activating group) is 1. The Bertz CT molecular complexity index is 1580. The predicted molar refractivity (Wildman–Crippen MR) is 171 cm³/mol. The second-order valence-electron chi connectivity index (χ2n) is 11.1. The Hall–Kier alpha value is -3.87. The van der Waals surface area contributed by atoms with Gasteiger partial charge in [-0.1, -0.05) is 11.8 Å². The molecular formula is C31H38FN9OS. The van der Waals surface area contributed by atoms with Crippen molar-refractivity contribution in [3.8, 4) is 34.1 Å². The van der Waals surface area contributed by atoms with E-state index in [4.69, 9.17) is 21.2 Å². The van der Waals surface area contributed by atoms with Crippen molar-refractivity contribution in [2.75, 3.05) is 76.0 Å². The highest BCUT2D eigenvalue weighted by Gasteiger charge is 2.29. The molecule has 0 bridgehead atoms. The van der Waals surface area contributed by atoms with Crippen LogP contribution in [0.3, 0.4) is 0 Å². The van der Waals surface area contributed by atoms with Crippen molar-refractivity contribution in [3.05, 3.63) is 54.5 Å². The summed E-state index contributed by atoms with van der Waals surface area (Å²) in [7, 11) is 3.81. The number of hydrogen-bond donors (Lipinski definition) is 2. The van der Waals surface area contributed by atoms with Crippen LogP contribution in [0.25, 0.3) is 28.3 Å². The molecule has 43 heavy (non-hydrogen) atoms. The molecule has 2 aliphatic heterocycles. The van der Waals surface area contributed by atoms with E-state index in [0.717, 1.165) is 69.0 Å². The lowest BCUT2D eigenvalue weighted by Gasteiger charge is -2.43. The number of ether oxygens (including phenoxy) is 1. The lowest BCUT2D eigenvalue weighted by Crippen LogP contribution is -2.52. The number of anilines is 3. The first-order valence-electron chi connectivity index (χ1n) is 14.5. The zero-order valence-corrected chi connectivity index (χ0v) is 25.6. The van der Waals surface area contributed by atoms with E-state index < -0.39 is 0 Å². The molecular weight excluding hydrogens is 565 g/mol. The van der Waals surface area contributed by atoms with E-state index in [0.29, 0.717) is 45.4 Å². The second kappa shape index (κ2) is 12.4. The molecule has 6 rings (SSSR count). The van der Waals surface area contributed by atoms with Crippen LogP contribution < -0.4 is 21.1 Å². The van der Waals surface area contributed by atoms with Gasteiger partial charge in [-0.25, -0.2) is 4.39 Å². The Kier molecular flexibility index (Phi) is 8.42. The Morgan fingerprint density at radius 2 is 1.65 bits per heavy atom. The summed E-state index contributed by atoms with van der Waals surface area (Å²) in [5, 5.41) is 9.47. The van der Waals surface area contributed by atoms with E-state index in [1.54, 1.807) is 25.4 Å². The predicted octanol–water partition coefficient (Wildman–Crippen LogP) is 4.25. The highest BCUT2D eigenvalue weighted by atomic mass is 32.2. The van der Waals surface area contributed by atoms with Gasteiger partial charge in [-0.15, -0.1) is 10.2 Å². The van der Waals surface area contributed by atoms with Gasteiger partial charge in [0.25, 0.3) is 0 Å². The number of nitrogens with two attached hydrogens (primary N) is 2. The number of nitrogen functional groups attached to an aromatic ring is 2. The largest absolute Gasteiger partial charge is 0.494 e. The minimum absolute atomic E-state index is 0.311. The van der Waals surface area contributed by atoms with E-state index in [9.17, 15) is 4.39 Å². The fourth-order valence-corrected chi connectivity index (χ4v) is 6.65. The van der Waals surface area contributed by atoms with Crippen LogP contribution >= 0.6 is 11.8 Å². The Balaban J connectivity index is 1.34. The van der Waals surface area contributed by atoms with Crippen molar-refractivity contribution >= 4 is 28.8 Å². The summed E-state index contributed by atoms with van der Waals surface area (Å²) in [5.41, 5.74) is 18.3. The topological polar surface area (TPSA) is 115 Å². The maximum Gasteiger partial charge on any atom is 0.195 e. The molecule has 2 saturated heterocycles. The molecule has 12 heteroatoms. The lowest BCUT2D eigenvalue weighted by atomic mass is 9.99. The molecule has 4 heterocycles.